The van der Waals surface area contributed by atoms with Crippen LogP contribution in [-0.2, 0) is 9.47 Å². The minimum absolute atomic E-state index is 0.265. The van der Waals surface area contributed by atoms with Gasteiger partial charge in [0.25, 0.3) is 0 Å². The van der Waals surface area contributed by atoms with Crippen molar-refractivity contribution >= 4 is 0 Å². The number of ether oxygens (including phenoxy) is 2. The molecule has 2 aliphatic rings. The van der Waals surface area contributed by atoms with Gasteiger partial charge in [0.15, 0.2) is 0 Å². The molecular weight excluding hydrogens is 226 g/mol. The van der Waals surface area contributed by atoms with Gasteiger partial charge < -0.3 is 14.8 Å². The summed E-state index contributed by atoms with van der Waals surface area (Å²) in [6, 6.07) is 0. The van der Waals surface area contributed by atoms with Crippen LogP contribution in [0.1, 0.15) is 40.0 Å². The summed E-state index contributed by atoms with van der Waals surface area (Å²) < 4.78 is 11.3. The summed E-state index contributed by atoms with van der Waals surface area (Å²) in [5.74, 6) is 1.50. The molecule has 0 saturated carbocycles. The largest absolute Gasteiger partial charge is 0.381 e. The standard InChI is InChI=1S/C15H29NO2/c1-15(2,3)14-13(6-9-18-14)11-16-10-12-4-7-17-8-5-12/h12-14,16H,4-11H2,1-3H3/t13-,14+/m1/s1. The first-order valence-corrected chi connectivity index (χ1v) is 7.47. The Morgan fingerprint density at radius 3 is 2.39 bits per heavy atom. The highest BCUT2D eigenvalue weighted by molar-refractivity contribution is 4.87. The van der Waals surface area contributed by atoms with E-state index >= 15 is 0 Å². The predicted octanol–water partition coefficient (Wildman–Crippen LogP) is 2.45. The van der Waals surface area contributed by atoms with Gasteiger partial charge in [-0.05, 0) is 37.1 Å². The number of hydrogen-bond donors (Lipinski definition) is 1. The summed E-state index contributed by atoms with van der Waals surface area (Å²) in [6.07, 6.45) is 4.07. The molecule has 0 aromatic rings. The van der Waals surface area contributed by atoms with Crippen molar-refractivity contribution in [3.05, 3.63) is 0 Å². The third-order valence-corrected chi connectivity index (χ3v) is 4.25. The molecule has 2 saturated heterocycles. The molecule has 0 radical (unpaired) electrons. The molecule has 3 heteroatoms. The summed E-state index contributed by atoms with van der Waals surface area (Å²) in [4.78, 5) is 0. The molecule has 0 amide bonds. The average molecular weight is 255 g/mol. The number of nitrogens with one attached hydrogen (secondary N) is 1. The van der Waals surface area contributed by atoms with Gasteiger partial charge >= 0.3 is 0 Å². The highest BCUT2D eigenvalue weighted by Gasteiger charge is 2.36. The van der Waals surface area contributed by atoms with Crippen molar-refractivity contribution in [1.29, 1.82) is 0 Å². The molecule has 0 bridgehead atoms. The maximum Gasteiger partial charge on any atom is 0.0664 e. The normalized spacial score (nSPS) is 30.8. The zero-order valence-electron chi connectivity index (χ0n) is 12.2. The average Bonchev–Trinajstić information content (AvgIpc) is 2.78. The fourth-order valence-corrected chi connectivity index (χ4v) is 3.22. The first kappa shape index (κ1) is 14.3. The maximum atomic E-state index is 5.91. The van der Waals surface area contributed by atoms with Crippen LogP contribution >= 0.6 is 0 Å². The smallest absolute Gasteiger partial charge is 0.0664 e. The van der Waals surface area contributed by atoms with Crippen LogP contribution in [0.25, 0.3) is 0 Å². The minimum atomic E-state index is 0.265. The summed E-state index contributed by atoms with van der Waals surface area (Å²) in [5.41, 5.74) is 0.265. The van der Waals surface area contributed by atoms with E-state index in [1.165, 1.54) is 19.3 Å². The van der Waals surface area contributed by atoms with Gasteiger partial charge in [0.1, 0.15) is 0 Å². The Kier molecular flexibility index (Phi) is 5.05. The first-order valence-electron chi connectivity index (χ1n) is 7.47. The van der Waals surface area contributed by atoms with E-state index < -0.39 is 0 Å². The Morgan fingerprint density at radius 1 is 1.00 bits per heavy atom. The molecular formula is C15H29NO2. The SMILES string of the molecule is CC(C)(C)[C@H]1OCC[C@@H]1CNCC1CCOCC1. The van der Waals surface area contributed by atoms with E-state index in [1.54, 1.807) is 0 Å². The molecule has 0 unspecified atom stereocenters. The maximum absolute atomic E-state index is 5.91. The third kappa shape index (κ3) is 3.94. The van der Waals surface area contributed by atoms with E-state index in [0.29, 0.717) is 12.0 Å². The monoisotopic (exact) mass is 255 g/mol. The Morgan fingerprint density at radius 2 is 1.72 bits per heavy atom. The van der Waals surface area contributed by atoms with E-state index in [1.807, 2.05) is 0 Å². The Balaban J connectivity index is 1.69. The van der Waals surface area contributed by atoms with E-state index in [-0.39, 0.29) is 5.41 Å². The van der Waals surface area contributed by atoms with Gasteiger partial charge in [-0.3, -0.25) is 0 Å². The Bertz CT molecular complexity index is 243. The second kappa shape index (κ2) is 6.36. The molecule has 0 aromatic heterocycles. The second-order valence-electron chi connectivity index (χ2n) is 6.92. The van der Waals surface area contributed by atoms with Crippen LogP contribution in [0.2, 0.25) is 0 Å². The zero-order valence-corrected chi connectivity index (χ0v) is 12.2. The van der Waals surface area contributed by atoms with Crippen LogP contribution in [0.3, 0.4) is 0 Å². The van der Waals surface area contributed by atoms with Crippen LogP contribution < -0.4 is 5.32 Å². The topological polar surface area (TPSA) is 30.5 Å². The fraction of sp³-hybridized carbons (Fsp3) is 1.00. The van der Waals surface area contributed by atoms with E-state index in [0.717, 1.165) is 38.8 Å². The lowest BCUT2D eigenvalue weighted by Crippen LogP contribution is -2.38. The molecule has 0 spiro atoms. The molecule has 18 heavy (non-hydrogen) atoms. The molecule has 0 aliphatic carbocycles. The van der Waals surface area contributed by atoms with Crippen LogP contribution in [-0.4, -0.2) is 39.0 Å². The summed E-state index contributed by atoms with van der Waals surface area (Å²) >= 11 is 0. The quantitative estimate of drug-likeness (QED) is 0.837. The Hall–Kier alpha value is -0.120. The lowest BCUT2D eigenvalue weighted by atomic mass is 9.81. The van der Waals surface area contributed by atoms with Crippen LogP contribution in [0, 0.1) is 17.3 Å². The van der Waals surface area contributed by atoms with Gasteiger partial charge in [0.05, 0.1) is 6.10 Å². The lowest BCUT2D eigenvalue weighted by Gasteiger charge is -2.31. The third-order valence-electron chi connectivity index (χ3n) is 4.25. The zero-order chi connectivity index (χ0) is 13.0. The van der Waals surface area contributed by atoms with Gasteiger partial charge in [0, 0.05) is 32.3 Å². The van der Waals surface area contributed by atoms with Gasteiger partial charge in [-0.15, -0.1) is 0 Å². The summed E-state index contributed by atoms with van der Waals surface area (Å²) in [7, 11) is 0. The second-order valence-corrected chi connectivity index (χ2v) is 6.92. The molecule has 2 heterocycles. The minimum Gasteiger partial charge on any atom is -0.381 e. The molecule has 2 rings (SSSR count). The molecule has 2 atom stereocenters. The molecule has 3 nitrogen and oxygen atoms in total. The van der Waals surface area contributed by atoms with Crippen molar-refractivity contribution in [2.24, 2.45) is 17.3 Å². The predicted molar refractivity (Wildman–Crippen MR) is 73.7 cm³/mol. The van der Waals surface area contributed by atoms with Crippen molar-refractivity contribution < 1.29 is 9.47 Å². The van der Waals surface area contributed by atoms with E-state index in [9.17, 15) is 0 Å². The lowest BCUT2D eigenvalue weighted by molar-refractivity contribution is 0.00667. The van der Waals surface area contributed by atoms with Crippen molar-refractivity contribution in [2.45, 2.75) is 46.1 Å². The van der Waals surface area contributed by atoms with E-state index in [4.69, 9.17) is 9.47 Å². The van der Waals surface area contributed by atoms with Crippen molar-refractivity contribution in [3.63, 3.8) is 0 Å². The van der Waals surface area contributed by atoms with Crippen LogP contribution in [0.15, 0.2) is 0 Å². The molecule has 2 aliphatic heterocycles. The molecule has 2 fully saturated rings. The summed E-state index contributed by atoms with van der Waals surface area (Å²) in [6.45, 7) is 12.0. The van der Waals surface area contributed by atoms with Gasteiger partial charge in [-0.25, -0.2) is 0 Å². The molecule has 0 aromatic carbocycles. The molecule has 1 N–H and O–H groups in total. The van der Waals surface area contributed by atoms with Gasteiger partial charge in [-0.1, -0.05) is 20.8 Å². The van der Waals surface area contributed by atoms with Gasteiger partial charge in [-0.2, -0.15) is 0 Å². The van der Waals surface area contributed by atoms with Crippen molar-refractivity contribution in [3.8, 4) is 0 Å². The van der Waals surface area contributed by atoms with Crippen molar-refractivity contribution in [1.82, 2.24) is 5.32 Å². The van der Waals surface area contributed by atoms with Gasteiger partial charge in [0.2, 0.25) is 0 Å². The fourth-order valence-electron chi connectivity index (χ4n) is 3.22. The van der Waals surface area contributed by atoms with Crippen LogP contribution in [0.5, 0.6) is 0 Å². The molecule has 106 valence electrons. The van der Waals surface area contributed by atoms with Crippen LogP contribution in [0.4, 0.5) is 0 Å². The van der Waals surface area contributed by atoms with E-state index in [2.05, 4.69) is 26.1 Å². The number of hydrogen-bond acceptors (Lipinski definition) is 3. The highest BCUT2D eigenvalue weighted by atomic mass is 16.5. The Labute approximate surface area is 112 Å². The first-order chi connectivity index (χ1) is 8.57. The van der Waals surface area contributed by atoms with Crippen molar-refractivity contribution in [2.75, 3.05) is 32.9 Å². The highest BCUT2D eigenvalue weighted by Crippen LogP contribution is 2.34. The summed E-state index contributed by atoms with van der Waals surface area (Å²) in [5, 5.41) is 3.66. The number of rotatable bonds is 4.